The van der Waals surface area contributed by atoms with E-state index in [9.17, 15) is 4.79 Å². The number of rotatable bonds is 7. The SMILES string of the molecule is Cc1ccc2oc(N3CCC(c4nc(CC(N)=O)nn4CCCO)CC3)nc2n1. The van der Waals surface area contributed by atoms with Gasteiger partial charge >= 0.3 is 0 Å². The van der Waals surface area contributed by atoms with Crippen LogP contribution in [0.4, 0.5) is 6.01 Å². The number of anilines is 1. The van der Waals surface area contributed by atoms with Gasteiger partial charge in [0.2, 0.25) is 11.6 Å². The van der Waals surface area contributed by atoms with Crippen LogP contribution in [0.25, 0.3) is 11.2 Å². The molecule has 0 bridgehead atoms. The first kappa shape index (κ1) is 19.3. The summed E-state index contributed by atoms with van der Waals surface area (Å²) >= 11 is 0. The third kappa shape index (κ3) is 4.21. The predicted molar refractivity (Wildman–Crippen MR) is 105 cm³/mol. The Bertz CT molecular complexity index is 1000. The van der Waals surface area contributed by atoms with Crippen LogP contribution in [0.1, 0.15) is 42.5 Å². The number of pyridine rings is 1. The molecule has 0 radical (unpaired) electrons. The van der Waals surface area contributed by atoms with Crippen molar-refractivity contribution in [2.24, 2.45) is 5.73 Å². The number of aliphatic hydroxyl groups excluding tert-OH is 1. The van der Waals surface area contributed by atoms with Gasteiger partial charge in [0, 0.05) is 37.9 Å². The highest BCUT2D eigenvalue weighted by Crippen LogP contribution is 2.30. The van der Waals surface area contributed by atoms with Crippen LogP contribution in [0.5, 0.6) is 0 Å². The Kier molecular flexibility index (Phi) is 5.43. The maximum atomic E-state index is 11.2. The number of hydrogen-bond acceptors (Lipinski definition) is 8. The molecule has 3 N–H and O–H groups in total. The molecule has 4 heterocycles. The Morgan fingerprint density at radius 2 is 2.07 bits per heavy atom. The third-order valence-electron chi connectivity index (χ3n) is 5.12. The van der Waals surface area contributed by atoms with E-state index in [1.807, 2.05) is 19.1 Å². The van der Waals surface area contributed by atoms with Gasteiger partial charge in [-0.3, -0.25) is 4.79 Å². The van der Waals surface area contributed by atoms with Gasteiger partial charge in [-0.1, -0.05) is 0 Å². The van der Waals surface area contributed by atoms with E-state index in [0.29, 0.717) is 36.0 Å². The van der Waals surface area contributed by atoms with Crippen LogP contribution in [0.2, 0.25) is 0 Å². The lowest BCUT2D eigenvalue weighted by Crippen LogP contribution is -2.34. The molecule has 0 atom stereocenters. The lowest BCUT2D eigenvalue weighted by molar-refractivity contribution is -0.117. The summed E-state index contributed by atoms with van der Waals surface area (Å²) in [6, 6.07) is 4.39. The van der Waals surface area contributed by atoms with Gasteiger partial charge in [0.15, 0.2) is 11.4 Å². The predicted octanol–water partition coefficient (Wildman–Crippen LogP) is 0.917. The molecule has 29 heavy (non-hydrogen) atoms. The van der Waals surface area contributed by atoms with E-state index in [4.69, 9.17) is 15.3 Å². The molecule has 0 spiro atoms. The van der Waals surface area contributed by atoms with E-state index in [2.05, 4.69) is 25.0 Å². The molecule has 1 aliphatic rings. The number of piperidine rings is 1. The summed E-state index contributed by atoms with van der Waals surface area (Å²) < 4.78 is 7.67. The Hall–Kier alpha value is -3.01. The third-order valence-corrected chi connectivity index (χ3v) is 5.12. The Morgan fingerprint density at radius 1 is 1.28 bits per heavy atom. The van der Waals surface area contributed by atoms with Gasteiger partial charge in [0.25, 0.3) is 6.01 Å². The highest BCUT2D eigenvalue weighted by Gasteiger charge is 2.28. The van der Waals surface area contributed by atoms with Gasteiger partial charge in [-0.05, 0) is 38.3 Å². The fraction of sp³-hybridized carbons (Fsp3) is 0.526. The molecule has 4 rings (SSSR count). The summed E-state index contributed by atoms with van der Waals surface area (Å²) in [6.45, 7) is 4.11. The van der Waals surface area contributed by atoms with Gasteiger partial charge in [-0.2, -0.15) is 10.1 Å². The van der Waals surface area contributed by atoms with Crippen LogP contribution in [-0.2, 0) is 17.8 Å². The van der Waals surface area contributed by atoms with Gasteiger partial charge in [-0.15, -0.1) is 0 Å². The van der Waals surface area contributed by atoms with E-state index in [0.717, 1.165) is 37.4 Å². The molecule has 1 aliphatic heterocycles. The number of aromatic nitrogens is 5. The molecule has 0 saturated carbocycles. The number of oxazole rings is 1. The van der Waals surface area contributed by atoms with Crippen LogP contribution in [0.15, 0.2) is 16.5 Å². The summed E-state index contributed by atoms with van der Waals surface area (Å²) in [5.74, 6) is 1.05. The number of nitrogens with two attached hydrogens (primary N) is 1. The quantitative estimate of drug-likeness (QED) is 0.598. The highest BCUT2D eigenvalue weighted by atomic mass is 16.4. The first-order chi connectivity index (χ1) is 14.0. The van der Waals surface area contributed by atoms with E-state index in [-0.39, 0.29) is 18.9 Å². The highest BCUT2D eigenvalue weighted by molar-refractivity contribution is 5.75. The molecule has 3 aromatic rings. The maximum Gasteiger partial charge on any atom is 0.299 e. The van der Waals surface area contributed by atoms with Gasteiger partial charge in [0.1, 0.15) is 5.82 Å². The first-order valence-electron chi connectivity index (χ1n) is 9.85. The van der Waals surface area contributed by atoms with E-state index < -0.39 is 5.91 Å². The molecular formula is C19H25N7O3. The van der Waals surface area contributed by atoms with Crippen LogP contribution < -0.4 is 10.6 Å². The minimum absolute atomic E-state index is 0.0211. The molecule has 10 nitrogen and oxygen atoms in total. The summed E-state index contributed by atoms with van der Waals surface area (Å²) in [5, 5.41) is 13.6. The number of primary amides is 1. The number of aryl methyl sites for hydroxylation is 2. The van der Waals surface area contributed by atoms with Crippen molar-refractivity contribution < 1.29 is 14.3 Å². The standard InChI is InChI=1S/C19H25N7O3/c1-12-3-4-14-17(21-12)23-19(29-14)25-8-5-13(6-9-25)18-22-16(11-15(20)28)24-26(18)7-2-10-27/h3-4,13,27H,2,5-11H2,1H3,(H2,20,28). The summed E-state index contributed by atoms with van der Waals surface area (Å²) in [7, 11) is 0. The topological polar surface area (TPSA) is 136 Å². The Balaban J connectivity index is 1.48. The summed E-state index contributed by atoms with van der Waals surface area (Å²) in [5.41, 5.74) is 7.51. The molecule has 0 aliphatic carbocycles. The second kappa shape index (κ2) is 8.16. The van der Waals surface area contributed by atoms with Crippen molar-refractivity contribution in [3.05, 3.63) is 29.5 Å². The van der Waals surface area contributed by atoms with Crippen LogP contribution >= 0.6 is 0 Å². The molecule has 1 fully saturated rings. The van der Waals surface area contributed by atoms with Gasteiger partial charge in [0.05, 0.1) is 6.42 Å². The number of hydrogen-bond donors (Lipinski definition) is 2. The zero-order valence-electron chi connectivity index (χ0n) is 16.4. The van der Waals surface area contributed by atoms with Crippen molar-refractivity contribution in [1.82, 2.24) is 24.7 Å². The lowest BCUT2D eigenvalue weighted by Gasteiger charge is -2.30. The summed E-state index contributed by atoms with van der Waals surface area (Å²) in [6.07, 6.45) is 2.33. The second-order valence-electron chi connectivity index (χ2n) is 7.36. The monoisotopic (exact) mass is 399 g/mol. The molecule has 154 valence electrons. The molecule has 0 aromatic carbocycles. The normalized spacial score (nSPS) is 15.3. The van der Waals surface area contributed by atoms with Crippen LogP contribution in [0, 0.1) is 6.92 Å². The fourth-order valence-electron chi connectivity index (χ4n) is 3.69. The van der Waals surface area contributed by atoms with Crippen molar-refractivity contribution in [3.63, 3.8) is 0 Å². The number of amides is 1. The zero-order valence-corrected chi connectivity index (χ0v) is 16.4. The Morgan fingerprint density at radius 3 is 2.79 bits per heavy atom. The molecular weight excluding hydrogens is 374 g/mol. The largest absolute Gasteiger partial charge is 0.422 e. The number of carbonyl (C=O) groups excluding carboxylic acids is 1. The molecule has 10 heteroatoms. The Labute approximate surface area is 167 Å². The molecule has 1 saturated heterocycles. The average molecular weight is 399 g/mol. The van der Waals surface area contributed by atoms with Crippen molar-refractivity contribution in [3.8, 4) is 0 Å². The number of carbonyl (C=O) groups is 1. The maximum absolute atomic E-state index is 11.2. The van der Waals surface area contributed by atoms with Gasteiger partial charge in [-0.25, -0.2) is 14.6 Å². The lowest BCUT2D eigenvalue weighted by atomic mass is 9.96. The fourth-order valence-corrected chi connectivity index (χ4v) is 3.69. The van der Waals surface area contributed by atoms with Crippen molar-refractivity contribution in [2.45, 2.75) is 45.1 Å². The molecule has 3 aromatic heterocycles. The van der Waals surface area contributed by atoms with Crippen LogP contribution in [0.3, 0.4) is 0 Å². The van der Waals surface area contributed by atoms with E-state index in [1.165, 1.54) is 0 Å². The number of aliphatic hydroxyl groups is 1. The average Bonchev–Trinajstić information content (AvgIpc) is 3.29. The van der Waals surface area contributed by atoms with Gasteiger partial charge < -0.3 is 20.2 Å². The molecule has 0 unspecified atom stereocenters. The minimum Gasteiger partial charge on any atom is -0.422 e. The van der Waals surface area contributed by atoms with Crippen molar-refractivity contribution in [1.29, 1.82) is 0 Å². The first-order valence-corrected chi connectivity index (χ1v) is 9.85. The second-order valence-corrected chi connectivity index (χ2v) is 7.36. The van der Waals surface area contributed by atoms with Crippen molar-refractivity contribution >= 4 is 23.2 Å². The minimum atomic E-state index is -0.453. The summed E-state index contributed by atoms with van der Waals surface area (Å²) in [4.78, 5) is 26.9. The molecule has 1 amide bonds. The van der Waals surface area contributed by atoms with E-state index in [1.54, 1.807) is 4.68 Å². The number of nitrogens with zero attached hydrogens (tertiary/aromatic N) is 6. The van der Waals surface area contributed by atoms with E-state index >= 15 is 0 Å². The smallest absolute Gasteiger partial charge is 0.299 e. The number of fused-ring (bicyclic) bond motifs is 1. The zero-order chi connectivity index (χ0) is 20.4. The van der Waals surface area contributed by atoms with Crippen LogP contribution in [-0.4, -0.2) is 55.4 Å². The van der Waals surface area contributed by atoms with Crippen molar-refractivity contribution in [2.75, 3.05) is 24.6 Å².